The molecule has 2 unspecified atom stereocenters. The second-order valence-electron chi connectivity index (χ2n) is 11.2. The van der Waals surface area contributed by atoms with Crippen LogP contribution in [0.2, 0.25) is 0 Å². The molecule has 0 radical (unpaired) electrons. The Morgan fingerprint density at radius 2 is 1.81 bits per heavy atom. The molecule has 2 bridgehead atoms. The van der Waals surface area contributed by atoms with E-state index >= 15 is 0 Å². The lowest BCUT2D eigenvalue weighted by Gasteiger charge is -2.55. The first-order valence-electron chi connectivity index (χ1n) is 12.8. The lowest BCUT2D eigenvalue weighted by molar-refractivity contribution is -1.08. The lowest BCUT2D eigenvalue weighted by atomic mass is 9.78. The number of carbonyl (C=O) groups is 3. The molecule has 10 nitrogen and oxygen atoms in total. The molecule has 5 heterocycles. The highest BCUT2D eigenvalue weighted by Gasteiger charge is 2.56. The Morgan fingerprint density at radius 1 is 1.19 bits per heavy atom. The van der Waals surface area contributed by atoms with Crippen molar-refractivity contribution >= 4 is 40.4 Å². The normalized spacial score (nSPS) is 33.2. The van der Waals surface area contributed by atoms with Gasteiger partial charge in [0.15, 0.2) is 6.54 Å². The molecule has 0 aromatic heterocycles. The molecule has 4 saturated heterocycles. The molecule has 5 aliphatic rings. The topological polar surface area (TPSA) is 136 Å². The zero-order chi connectivity index (χ0) is 26.7. The predicted octanol–water partition coefficient (Wildman–Crippen LogP) is -1.45. The number of hydrogen-bond donors (Lipinski definition) is 1. The van der Waals surface area contributed by atoms with Gasteiger partial charge in [0, 0.05) is 17.4 Å². The highest BCUT2D eigenvalue weighted by molar-refractivity contribution is 14.1. The highest BCUT2D eigenvalue weighted by Crippen LogP contribution is 2.46. The Labute approximate surface area is 230 Å². The van der Waals surface area contributed by atoms with Crippen LogP contribution in [0.4, 0.5) is 0 Å². The maximum Gasteiger partial charge on any atom is 0.272 e. The van der Waals surface area contributed by atoms with Crippen LogP contribution >= 0.6 is 22.6 Å². The number of nitrogens with zero attached hydrogens (tertiary/aromatic N) is 3. The molecule has 0 aliphatic carbocycles. The van der Waals surface area contributed by atoms with Crippen molar-refractivity contribution in [2.24, 2.45) is 17.6 Å². The minimum atomic E-state index is -1.42. The number of β-lactam (4-membered cyclic amide) rings is 1. The largest absolute Gasteiger partial charge is 0.852 e. The van der Waals surface area contributed by atoms with E-state index in [0.29, 0.717) is 17.9 Å². The summed E-state index contributed by atoms with van der Waals surface area (Å²) < 4.78 is 8.84. The summed E-state index contributed by atoms with van der Waals surface area (Å²) in [6.07, 6.45) is -1.10. The van der Waals surface area contributed by atoms with Crippen LogP contribution < -0.4 is 20.7 Å². The molecular formula is C26H33IN4O6. The van der Waals surface area contributed by atoms with E-state index in [2.05, 4.69) is 28.7 Å². The van der Waals surface area contributed by atoms with Crippen molar-refractivity contribution in [3.05, 3.63) is 38.6 Å². The smallest absolute Gasteiger partial charge is 0.272 e. The van der Waals surface area contributed by atoms with E-state index in [1.54, 1.807) is 0 Å². The van der Waals surface area contributed by atoms with Gasteiger partial charge in [0.2, 0.25) is 5.91 Å². The number of hydrogen-bond acceptors (Lipinski definition) is 6. The Hall–Kier alpha value is -2.22. The Balaban J connectivity index is 1.30. The summed E-state index contributed by atoms with van der Waals surface area (Å²) >= 11 is 2.20. The van der Waals surface area contributed by atoms with Crippen molar-refractivity contribution in [2.75, 3.05) is 52.4 Å². The monoisotopic (exact) mass is 624 g/mol. The number of aliphatic carboxylic acids is 1. The van der Waals surface area contributed by atoms with Crippen LogP contribution in [0.5, 0.6) is 5.75 Å². The fourth-order valence-electron chi connectivity index (χ4n) is 6.86. The number of primary amides is 1. The van der Waals surface area contributed by atoms with Crippen LogP contribution in [-0.2, 0) is 20.9 Å². The van der Waals surface area contributed by atoms with Crippen molar-refractivity contribution in [3.8, 4) is 5.75 Å². The van der Waals surface area contributed by atoms with Crippen LogP contribution in [0.25, 0.3) is 0 Å². The number of nitrogens with two attached hydrogens (primary N) is 1. The Morgan fingerprint density at radius 3 is 2.38 bits per heavy atom. The third kappa shape index (κ3) is 4.53. The quantitative estimate of drug-likeness (QED) is 0.203. The molecular weight excluding hydrogens is 591 g/mol. The number of rotatable bonds is 9. The molecule has 6 rings (SSSR count). The third-order valence-corrected chi connectivity index (χ3v) is 9.92. The van der Waals surface area contributed by atoms with Crippen molar-refractivity contribution in [1.82, 2.24) is 4.90 Å². The van der Waals surface area contributed by atoms with Crippen molar-refractivity contribution in [2.45, 2.75) is 32.5 Å². The fraction of sp³-hybridized carbons (Fsp3) is 0.577. The summed E-state index contributed by atoms with van der Waals surface area (Å²) in [5.74, 6) is -2.46. The van der Waals surface area contributed by atoms with E-state index in [-0.39, 0.29) is 24.1 Å². The summed E-state index contributed by atoms with van der Waals surface area (Å²) in [6.45, 7) is 10.4. The summed E-state index contributed by atoms with van der Waals surface area (Å²) in [4.78, 5) is 37.2. The zero-order valence-electron chi connectivity index (χ0n) is 21.2. The Bertz CT molecular complexity index is 1160. The first-order valence-corrected chi connectivity index (χ1v) is 13.9. The molecule has 4 fully saturated rings. The molecule has 4 atom stereocenters. The summed E-state index contributed by atoms with van der Waals surface area (Å²) in [5, 5.41) is 24.0. The number of piperazine rings is 3. The molecule has 2 amide bonds. The van der Waals surface area contributed by atoms with Gasteiger partial charge in [0.05, 0.1) is 21.3 Å². The highest BCUT2D eigenvalue weighted by atomic mass is 127. The average Bonchev–Trinajstić information content (AvgIpc) is 3.08. The van der Waals surface area contributed by atoms with Gasteiger partial charge in [-0.05, 0) is 40.3 Å². The van der Waals surface area contributed by atoms with Gasteiger partial charge in [0.1, 0.15) is 58.2 Å². The number of amides is 2. The molecule has 37 heavy (non-hydrogen) atoms. The Kier molecular flexibility index (Phi) is 6.78. The van der Waals surface area contributed by atoms with E-state index in [1.165, 1.54) is 11.8 Å². The standard InChI is InChI=1S/C26H33IN4O6/c1-15-18(24(26(35)36)29-23(15)22(16(2)32)25(29)34)14-37-20-11-17(3-4-19(20)27)12-30-5-8-31(9-6-30,10-7-30)13-21(28)33/h3-4,11,15-16,22-23H,5-10,12-14H2,1-2H3,(H2-,28,33,35,36)/t15?,16?,22-,23-,30?,31?/m1/s1. The second-order valence-corrected chi connectivity index (χ2v) is 12.4. The van der Waals surface area contributed by atoms with E-state index in [4.69, 9.17) is 10.5 Å². The van der Waals surface area contributed by atoms with Gasteiger partial charge in [-0.2, -0.15) is 0 Å². The molecule has 1 aromatic rings. The van der Waals surface area contributed by atoms with Gasteiger partial charge >= 0.3 is 0 Å². The molecule has 200 valence electrons. The molecule has 1 aromatic carbocycles. The minimum absolute atomic E-state index is 0.0112. The minimum Gasteiger partial charge on any atom is -0.852 e. The van der Waals surface area contributed by atoms with Crippen molar-refractivity contribution in [1.29, 1.82) is 0 Å². The van der Waals surface area contributed by atoms with Crippen molar-refractivity contribution in [3.63, 3.8) is 0 Å². The number of halogens is 1. The molecule has 2 N–H and O–H groups in total. The maximum absolute atomic E-state index is 12.5. The van der Waals surface area contributed by atoms with Crippen LogP contribution in [0.15, 0.2) is 29.5 Å². The third-order valence-electron chi connectivity index (χ3n) is 9.03. The van der Waals surface area contributed by atoms with Crippen LogP contribution in [-0.4, -0.2) is 96.2 Å². The van der Waals surface area contributed by atoms with E-state index in [1.807, 2.05) is 19.1 Å². The predicted molar refractivity (Wildman–Crippen MR) is 137 cm³/mol. The van der Waals surface area contributed by atoms with Gasteiger partial charge in [-0.15, -0.1) is 6.10 Å². The number of carboxylic acids is 1. The number of benzene rings is 1. The van der Waals surface area contributed by atoms with Crippen LogP contribution in [0, 0.1) is 15.4 Å². The lowest BCUT2D eigenvalue weighted by Crippen LogP contribution is -2.75. The average molecular weight is 624 g/mol. The maximum atomic E-state index is 12.5. The molecule has 11 heteroatoms. The fourth-order valence-corrected chi connectivity index (χ4v) is 7.35. The van der Waals surface area contributed by atoms with E-state index in [0.717, 1.165) is 63.9 Å². The van der Waals surface area contributed by atoms with E-state index in [9.17, 15) is 24.6 Å². The van der Waals surface area contributed by atoms with Gasteiger partial charge in [-0.3, -0.25) is 9.59 Å². The number of fused-ring (bicyclic) bond motifs is 4. The van der Waals surface area contributed by atoms with Gasteiger partial charge in [0.25, 0.3) is 5.91 Å². The first kappa shape index (κ1) is 26.4. The van der Waals surface area contributed by atoms with Gasteiger partial charge in [-0.1, -0.05) is 19.9 Å². The number of carboxylic acid groups (broad SMARTS) is 1. The summed E-state index contributed by atoms with van der Waals surface area (Å²) in [7, 11) is 0. The van der Waals surface area contributed by atoms with Crippen LogP contribution in [0.1, 0.15) is 19.4 Å². The molecule has 0 saturated carbocycles. The summed E-state index contributed by atoms with van der Waals surface area (Å²) in [6, 6.07) is 5.67. The first-order chi connectivity index (χ1) is 17.5. The second kappa shape index (κ2) is 9.51. The van der Waals surface area contributed by atoms with Gasteiger partial charge < -0.3 is 39.3 Å². The SMILES string of the molecule is CC([O-])[C@H]1C(=O)N2C(C(=O)[O-])=C(COc3cc(C[N+]45CC[N+](CC(N)=O)(CC4)CC5)ccc3I)C(C)[C@H]12. The summed E-state index contributed by atoms with van der Waals surface area (Å²) in [5.41, 5.74) is 6.97. The zero-order valence-corrected chi connectivity index (χ0v) is 23.3. The van der Waals surface area contributed by atoms with E-state index < -0.39 is 29.9 Å². The number of ether oxygens (including phenoxy) is 1. The van der Waals surface area contributed by atoms with Gasteiger partial charge in [-0.25, -0.2) is 0 Å². The number of carbonyl (C=O) groups excluding carboxylic acids is 3. The molecule has 5 aliphatic heterocycles. The van der Waals surface area contributed by atoms with Crippen LogP contribution in [0.3, 0.4) is 0 Å². The molecule has 0 spiro atoms. The number of quaternary nitrogens is 2. The van der Waals surface area contributed by atoms with Crippen molar-refractivity contribution < 1.29 is 38.3 Å².